The molecule has 184 valence electrons. The van der Waals surface area contributed by atoms with Crippen LogP contribution in [0.5, 0.6) is 11.5 Å². The van der Waals surface area contributed by atoms with Crippen LogP contribution in [-0.2, 0) is 13.0 Å². The molecule has 3 aromatic carbocycles. The fourth-order valence-electron chi connectivity index (χ4n) is 3.52. The van der Waals surface area contributed by atoms with Crippen molar-refractivity contribution in [1.82, 2.24) is 9.66 Å². The molecule has 0 fully saturated rings. The summed E-state index contributed by atoms with van der Waals surface area (Å²) in [5, 5.41) is 17.1. The van der Waals surface area contributed by atoms with Gasteiger partial charge in [-0.05, 0) is 42.0 Å². The normalized spacial score (nSPS) is 11.2. The van der Waals surface area contributed by atoms with Crippen LogP contribution in [-0.4, -0.2) is 27.9 Å². The Kier molecular flexibility index (Phi) is 7.66. The number of fused-ring (bicyclic) bond motifs is 1. The maximum atomic E-state index is 13.1. The van der Waals surface area contributed by atoms with Crippen LogP contribution < -0.4 is 15.0 Å². The van der Waals surface area contributed by atoms with Crippen LogP contribution in [0.25, 0.3) is 10.9 Å². The predicted molar refractivity (Wildman–Crippen MR) is 142 cm³/mol. The second-order valence-electron chi connectivity index (χ2n) is 7.65. The van der Waals surface area contributed by atoms with E-state index < -0.39 is 4.92 Å². The zero-order valence-corrected chi connectivity index (χ0v) is 21.6. The zero-order valence-electron chi connectivity index (χ0n) is 19.3. The summed E-state index contributed by atoms with van der Waals surface area (Å²) in [6.07, 6.45) is 1.81. The van der Waals surface area contributed by atoms with E-state index in [0.717, 1.165) is 10.0 Å². The Hall–Kier alpha value is -3.76. The van der Waals surface area contributed by atoms with Crippen molar-refractivity contribution in [3.05, 3.63) is 102 Å². The van der Waals surface area contributed by atoms with Crippen molar-refractivity contribution in [2.45, 2.75) is 20.0 Å². The fourth-order valence-corrected chi connectivity index (χ4v) is 4.01. The number of rotatable bonds is 8. The number of ether oxygens (including phenoxy) is 2. The van der Waals surface area contributed by atoms with Gasteiger partial charge in [0.05, 0.1) is 29.2 Å². The second kappa shape index (κ2) is 10.9. The number of methoxy groups -OCH3 is 1. The van der Waals surface area contributed by atoms with Crippen molar-refractivity contribution < 1.29 is 14.4 Å². The summed E-state index contributed by atoms with van der Waals surface area (Å²) in [7, 11) is 1.39. The monoisotopic (exact) mass is 570 g/mol. The standard InChI is InChI=1S/C25H20BrClN4O5/c1-3-23-29-20-9-6-17(26)12-19(20)25(32)30(23)28-13-16-10-21(31(33)34)24(22(11-16)35-2)36-14-15-4-7-18(27)8-5-15/h4-13H,3,14H2,1-2H3. The van der Waals surface area contributed by atoms with Gasteiger partial charge in [0.1, 0.15) is 12.4 Å². The van der Waals surface area contributed by atoms with Gasteiger partial charge in [-0.15, -0.1) is 0 Å². The molecule has 0 spiro atoms. The highest BCUT2D eigenvalue weighted by Gasteiger charge is 2.22. The van der Waals surface area contributed by atoms with E-state index in [1.54, 1.807) is 42.5 Å². The third kappa shape index (κ3) is 5.39. The van der Waals surface area contributed by atoms with E-state index >= 15 is 0 Å². The maximum absolute atomic E-state index is 13.1. The van der Waals surface area contributed by atoms with Gasteiger partial charge in [0.25, 0.3) is 5.56 Å². The lowest BCUT2D eigenvalue weighted by Gasteiger charge is -2.12. The van der Waals surface area contributed by atoms with Crippen LogP contribution in [0.15, 0.2) is 69.0 Å². The summed E-state index contributed by atoms with van der Waals surface area (Å²) < 4.78 is 13.1. The predicted octanol–water partition coefficient (Wildman–Crippen LogP) is 5.75. The molecule has 36 heavy (non-hydrogen) atoms. The van der Waals surface area contributed by atoms with Crippen LogP contribution in [0, 0.1) is 10.1 Å². The Morgan fingerprint density at radius 1 is 1.19 bits per heavy atom. The first-order valence-corrected chi connectivity index (χ1v) is 12.0. The number of hydrogen-bond acceptors (Lipinski definition) is 7. The minimum atomic E-state index is -0.560. The average molecular weight is 572 g/mol. The van der Waals surface area contributed by atoms with E-state index in [2.05, 4.69) is 26.0 Å². The van der Waals surface area contributed by atoms with Gasteiger partial charge in [0, 0.05) is 27.5 Å². The van der Waals surface area contributed by atoms with Gasteiger partial charge in [0.15, 0.2) is 5.75 Å². The molecule has 0 amide bonds. The van der Waals surface area contributed by atoms with E-state index in [1.807, 2.05) is 13.0 Å². The van der Waals surface area contributed by atoms with Gasteiger partial charge in [-0.1, -0.05) is 46.6 Å². The number of benzene rings is 3. The number of hydrogen-bond donors (Lipinski definition) is 0. The van der Waals surface area contributed by atoms with Crippen molar-refractivity contribution in [3.8, 4) is 11.5 Å². The quantitative estimate of drug-likeness (QED) is 0.151. The molecule has 11 heteroatoms. The highest BCUT2D eigenvalue weighted by atomic mass is 79.9. The third-order valence-corrected chi connectivity index (χ3v) is 6.03. The first kappa shape index (κ1) is 25.3. The number of nitro groups is 1. The van der Waals surface area contributed by atoms with Crippen molar-refractivity contribution in [3.63, 3.8) is 0 Å². The fraction of sp³-hybridized carbons (Fsp3) is 0.160. The molecule has 4 aromatic rings. The summed E-state index contributed by atoms with van der Waals surface area (Å²) in [4.78, 5) is 28.9. The minimum absolute atomic E-state index is 0.0155. The van der Waals surface area contributed by atoms with Crippen LogP contribution in [0.4, 0.5) is 5.69 Å². The molecule has 0 saturated heterocycles. The lowest BCUT2D eigenvalue weighted by atomic mass is 10.1. The van der Waals surface area contributed by atoms with Crippen LogP contribution in [0.2, 0.25) is 5.02 Å². The van der Waals surface area contributed by atoms with Gasteiger partial charge in [-0.25, -0.2) is 4.98 Å². The summed E-state index contributed by atoms with van der Waals surface area (Å²) in [5.41, 5.74) is 1.04. The highest BCUT2D eigenvalue weighted by Crippen LogP contribution is 2.38. The summed E-state index contributed by atoms with van der Waals surface area (Å²) in [6, 6.07) is 15.0. The van der Waals surface area contributed by atoms with Gasteiger partial charge in [0.2, 0.25) is 5.75 Å². The average Bonchev–Trinajstić information content (AvgIpc) is 2.87. The number of nitro benzene ring substituents is 1. The topological polar surface area (TPSA) is 109 Å². The maximum Gasteiger partial charge on any atom is 0.315 e. The molecule has 0 aliphatic carbocycles. The SMILES string of the molecule is CCc1nc2ccc(Br)cc2c(=O)n1N=Cc1cc(OC)c(OCc2ccc(Cl)cc2)c([N+](=O)[O-])c1. The number of nitrogens with zero attached hydrogens (tertiary/aromatic N) is 4. The van der Waals surface area contributed by atoms with Crippen molar-refractivity contribution in [1.29, 1.82) is 0 Å². The van der Waals surface area contributed by atoms with E-state index in [9.17, 15) is 14.9 Å². The number of aromatic nitrogens is 2. The Morgan fingerprint density at radius 2 is 1.94 bits per heavy atom. The number of aryl methyl sites for hydroxylation is 1. The molecule has 0 unspecified atom stereocenters. The molecule has 1 heterocycles. The van der Waals surface area contributed by atoms with Gasteiger partial charge >= 0.3 is 5.69 Å². The van der Waals surface area contributed by atoms with Crippen LogP contribution in [0.3, 0.4) is 0 Å². The summed E-state index contributed by atoms with van der Waals surface area (Å²) >= 11 is 9.28. The molecule has 0 atom stereocenters. The molecule has 0 aliphatic heterocycles. The molecule has 0 radical (unpaired) electrons. The minimum Gasteiger partial charge on any atom is -0.493 e. The Labute approximate surface area is 219 Å². The second-order valence-corrected chi connectivity index (χ2v) is 9.00. The molecule has 0 bridgehead atoms. The first-order valence-electron chi connectivity index (χ1n) is 10.8. The Bertz CT molecular complexity index is 1540. The van der Waals surface area contributed by atoms with Crippen LogP contribution >= 0.6 is 27.5 Å². The Balaban J connectivity index is 1.72. The molecule has 4 rings (SSSR count). The molecule has 0 saturated carbocycles. The Morgan fingerprint density at radius 3 is 2.61 bits per heavy atom. The third-order valence-electron chi connectivity index (χ3n) is 5.28. The molecule has 0 aliphatic rings. The highest BCUT2D eigenvalue weighted by molar-refractivity contribution is 9.10. The zero-order chi connectivity index (χ0) is 25.8. The van der Waals surface area contributed by atoms with E-state index in [-0.39, 0.29) is 29.4 Å². The number of halogens is 2. The van der Waals surface area contributed by atoms with E-state index in [1.165, 1.54) is 24.1 Å². The molecule has 0 N–H and O–H groups in total. The summed E-state index contributed by atoms with van der Waals surface area (Å²) in [5.74, 6) is 0.594. The lowest BCUT2D eigenvalue weighted by molar-refractivity contribution is -0.386. The smallest absolute Gasteiger partial charge is 0.315 e. The molecule has 9 nitrogen and oxygen atoms in total. The van der Waals surface area contributed by atoms with Gasteiger partial charge in [-0.2, -0.15) is 9.78 Å². The molecule has 1 aromatic heterocycles. The van der Waals surface area contributed by atoms with Crippen molar-refractivity contribution in [2.75, 3.05) is 7.11 Å². The van der Waals surface area contributed by atoms with Crippen molar-refractivity contribution >= 4 is 50.3 Å². The van der Waals surface area contributed by atoms with Gasteiger partial charge in [-0.3, -0.25) is 14.9 Å². The van der Waals surface area contributed by atoms with Gasteiger partial charge < -0.3 is 9.47 Å². The van der Waals surface area contributed by atoms with Crippen LogP contribution in [0.1, 0.15) is 23.9 Å². The first-order chi connectivity index (χ1) is 17.3. The molecular formula is C25H20BrClN4O5. The lowest BCUT2D eigenvalue weighted by Crippen LogP contribution is -2.22. The van der Waals surface area contributed by atoms with E-state index in [0.29, 0.717) is 33.7 Å². The largest absolute Gasteiger partial charge is 0.493 e. The van der Waals surface area contributed by atoms with Crippen molar-refractivity contribution in [2.24, 2.45) is 5.10 Å². The molecular weight excluding hydrogens is 552 g/mol. The summed E-state index contributed by atoms with van der Waals surface area (Å²) in [6.45, 7) is 1.94. The van der Waals surface area contributed by atoms with E-state index in [4.69, 9.17) is 21.1 Å².